The van der Waals surface area contributed by atoms with Gasteiger partial charge < -0.3 is 4.42 Å². The van der Waals surface area contributed by atoms with Gasteiger partial charge in [0, 0.05) is 0 Å². The molecule has 0 aliphatic heterocycles. The highest BCUT2D eigenvalue weighted by Gasteiger charge is 2.19. The Balaban J connectivity index is 2.31. The van der Waals surface area contributed by atoms with Gasteiger partial charge in [0.15, 0.2) is 21.9 Å². The molecule has 7 heteroatoms. The molecular formula is C12H8ClFO4S. The lowest BCUT2D eigenvalue weighted by Gasteiger charge is -2.03. The predicted octanol–water partition coefficient (Wildman–Crippen LogP) is 2.86. The standard InChI is InChI=1S/C12H8ClFO4S/c13-11-5-10(3-4-12(11)14)19(16,17)7-9-2-1-8(6-15)18-9/h1-6H,7H2. The van der Waals surface area contributed by atoms with Gasteiger partial charge in [0.1, 0.15) is 17.3 Å². The summed E-state index contributed by atoms with van der Waals surface area (Å²) >= 11 is 5.54. The molecule has 0 fully saturated rings. The monoisotopic (exact) mass is 302 g/mol. The molecule has 2 rings (SSSR count). The Kier molecular flexibility index (Phi) is 3.73. The summed E-state index contributed by atoms with van der Waals surface area (Å²) in [5.41, 5.74) is 0. The number of furan rings is 1. The topological polar surface area (TPSA) is 64.3 Å². The number of carbonyl (C=O) groups excluding carboxylic acids is 1. The Labute approximate surface area is 113 Å². The fourth-order valence-corrected chi connectivity index (χ4v) is 2.99. The summed E-state index contributed by atoms with van der Waals surface area (Å²) in [5, 5.41) is -0.269. The maximum absolute atomic E-state index is 13.0. The van der Waals surface area contributed by atoms with E-state index in [0.29, 0.717) is 6.29 Å². The molecule has 0 bridgehead atoms. The molecule has 0 N–H and O–H groups in total. The lowest BCUT2D eigenvalue weighted by molar-refractivity contribution is 0.109. The highest BCUT2D eigenvalue weighted by atomic mass is 35.5. The second-order valence-electron chi connectivity index (χ2n) is 3.76. The second-order valence-corrected chi connectivity index (χ2v) is 6.15. The van der Waals surface area contributed by atoms with Gasteiger partial charge in [0.25, 0.3) is 0 Å². The van der Waals surface area contributed by atoms with Crippen molar-refractivity contribution >= 4 is 27.7 Å². The van der Waals surface area contributed by atoms with Gasteiger partial charge in [-0.15, -0.1) is 0 Å². The van der Waals surface area contributed by atoms with Crippen molar-refractivity contribution < 1.29 is 22.0 Å². The molecule has 0 aliphatic rings. The van der Waals surface area contributed by atoms with Crippen LogP contribution in [0.2, 0.25) is 5.02 Å². The third kappa shape index (κ3) is 3.02. The quantitative estimate of drug-likeness (QED) is 0.643. The van der Waals surface area contributed by atoms with E-state index in [0.717, 1.165) is 18.2 Å². The van der Waals surface area contributed by atoms with E-state index in [-0.39, 0.29) is 21.4 Å². The molecule has 19 heavy (non-hydrogen) atoms. The molecule has 1 heterocycles. The van der Waals surface area contributed by atoms with Crippen molar-refractivity contribution in [2.45, 2.75) is 10.6 Å². The molecular weight excluding hydrogens is 295 g/mol. The summed E-state index contributed by atoms with van der Waals surface area (Å²) < 4.78 is 42.0. The Morgan fingerprint density at radius 1 is 1.26 bits per heavy atom. The molecule has 2 aromatic rings. The minimum absolute atomic E-state index is 0.0438. The lowest BCUT2D eigenvalue weighted by Crippen LogP contribution is -2.04. The molecule has 1 aromatic heterocycles. The van der Waals surface area contributed by atoms with E-state index in [1.807, 2.05) is 0 Å². The first-order valence-corrected chi connectivity index (χ1v) is 7.17. The van der Waals surface area contributed by atoms with Crippen LogP contribution >= 0.6 is 11.6 Å². The molecule has 0 radical (unpaired) electrons. The zero-order valence-corrected chi connectivity index (χ0v) is 11.0. The van der Waals surface area contributed by atoms with Crippen molar-refractivity contribution in [3.63, 3.8) is 0 Å². The van der Waals surface area contributed by atoms with Crippen LogP contribution in [0.25, 0.3) is 0 Å². The second kappa shape index (κ2) is 5.14. The highest BCUT2D eigenvalue weighted by Crippen LogP contribution is 2.23. The third-order valence-electron chi connectivity index (χ3n) is 2.38. The van der Waals surface area contributed by atoms with Crippen LogP contribution in [0.1, 0.15) is 16.3 Å². The minimum Gasteiger partial charge on any atom is -0.457 e. The number of hydrogen-bond donors (Lipinski definition) is 0. The van der Waals surface area contributed by atoms with Crippen molar-refractivity contribution in [3.05, 3.63) is 52.7 Å². The summed E-state index contributed by atoms with van der Waals surface area (Å²) in [6.07, 6.45) is 0.477. The Hall–Kier alpha value is -1.66. The third-order valence-corrected chi connectivity index (χ3v) is 4.31. The van der Waals surface area contributed by atoms with Crippen LogP contribution in [-0.4, -0.2) is 14.7 Å². The van der Waals surface area contributed by atoms with Gasteiger partial charge in [-0.2, -0.15) is 0 Å². The van der Waals surface area contributed by atoms with Crippen LogP contribution in [0.15, 0.2) is 39.6 Å². The van der Waals surface area contributed by atoms with Gasteiger partial charge in [0.2, 0.25) is 0 Å². The van der Waals surface area contributed by atoms with Gasteiger partial charge in [0.05, 0.1) is 9.92 Å². The average Bonchev–Trinajstić information content (AvgIpc) is 2.79. The van der Waals surface area contributed by atoms with Crippen LogP contribution in [0.3, 0.4) is 0 Å². The summed E-state index contributed by atoms with van der Waals surface area (Å²) in [5.74, 6) is -0.949. The van der Waals surface area contributed by atoms with E-state index in [4.69, 9.17) is 16.0 Å². The molecule has 0 amide bonds. The zero-order valence-electron chi connectivity index (χ0n) is 9.47. The maximum Gasteiger partial charge on any atom is 0.185 e. The Morgan fingerprint density at radius 2 is 2.00 bits per heavy atom. The highest BCUT2D eigenvalue weighted by molar-refractivity contribution is 7.90. The van der Waals surface area contributed by atoms with Crippen LogP contribution in [0.4, 0.5) is 4.39 Å². The van der Waals surface area contributed by atoms with Crippen LogP contribution in [0, 0.1) is 5.82 Å². The number of hydrogen-bond acceptors (Lipinski definition) is 4. The SMILES string of the molecule is O=Cc1ccc(CS(=O)(=O)c2ccc(F)c(Cl)c2)o1. The maximum atomic E-state index is 13.0. The van der Waals surface area contributed by atoms with Crippen molar-refractivity contribution in [2.75, 3.05) is 0 Å². The number of rotatable bonds is 4. The lowest BCUT2D eigenvalue weighted by atomic mass is 10.3. The average molecular weight is 303 g/mol. The molecule has 0 aliphatic carbocycles. The largest absolute Gasteiger partial charge is 0.457 e. The van der Waals surface area contributed by atoms with Crippen molar-refractivity contribution in [1.82, 2.24) is 0 Å². The summed E-state index contributed by atoms with van der Waals surface area (Å²) in [6.45, 7) is 0. The first kappa shape index (κ1) is 13.8. The number of benzene rings is 1. The predicted molar refractivity (Wildman–Crippen MR) is 66.4 cm³/mol. The Morgan fingerprint density at radius 3 is 2.58 bits per heavy atom. The molecule has 1 aromatic carbocycles. The normalized spacial score (nSPS) is 11.5. The molecule has 0 saturated heterocycles. The molecule has 4 nitrogen and oxygen atoms in total. The van der Waals surface area contributed by atoms with E-state index in [9.17, 15) is 17.6 Å². The number of carbonyl (C=O) groups is 1. The molecule has 0 atom stereocenters. The van der Waals surface area contributed by atoms with E-state index < -0.39 is 21.4 Å². The van der Waals surface area contributed by atoms with E-state index in [2.05, 4.69) is 0 Å². The van der Waals surface area contributed by atoms with Crippen molar-refractivity contribution in [2.24, 2.45) is 0 Å². The number of aldehydes is 1. The fraction of sp³-hybridized carbons (Fsp3) is 0.0833. The number of sulfone groups is 1. The van der Waals surface area contributed by atoms with E-state index in [1.165, 1.54) is 12.1 Å². The van der Waals surface area contributed by atoms with Gasteiger partial charge in [-0.05, 0) is 30.3 Å². The van der Waals surface area contributed by atoms with E-state index >= 15 is 0 Å². The zero-order chi connectivity index (χ0) is 14.0. The van der Waals surface area contributed by atoms with Crippen molar-refractivity contribution in [3.8, 4) is 0 Å². The smallest absolute Gasteiger partial charge is 0.185 e. The first-order valence-electron chi connectivity index (χ1n) is 5.14. The van der Waals surface area contributed by atoms with Gasteiger partial charge >= 0.3 is 0 Å². The molecule has 0 spiro atoms. The van der Waals surface area contributed by atoms with Crippen LogP contribution < -0.4 is 0 Å². The van der Waals surface area contributed by atoms with Gasteiger partial charge in [-0.1, -0.05) is 11.6 Å². The van der Waals surface area contributed by atoms with Crippen LogP contribution in [-0.2, 0) is 15.6 Å². The summed E-state index contributed by atoms with van der Waals surface area (Å²) in [4.78, 5) is 10.3. The van der Waals surface area contributed by atoms with Crippen LogP contribution in [0.5, 0.6) is 0 Å². The van der Waals surface area contributed by atoms with Gasteiger partial charge in [-0.25, -0.2) is 12.8 Å². The molecule has 0 unspecified atom stereocenters. The first-order chi connectivity index (χ1) is 8.92. The summed E-state index contributed by atoms with van der Waals surface area (Å²) in [6, 6.07) is 5.91. The van der Waals surface area contributed by atoms with Gasteiger partial charge in [-0.3, -0.25) is 4.79 Å². The Bertz CT molecular complexity index is 721. The van der Waals surface area contributed by atoms with Crippen molar-refractivity contribution in [1.29, 1.82) is 0 Å². The summed E-state index contributed by atoms with van der Waals surface area (Å²) in [7, 11) is -3.71. The molecule has 0 saturated carbocycles. The molecule has 100 valence electrons. The fourth-order valence-electron chi connectivity index (χ4n) is 1.48. The van der Waals surface area contributed by atoms with E-state index in [1.54, 1.807) is 0 Å². The minimum atomic E-state index is -3.71. The number of halogens is 2.